The topological polar surface area (TPSA) is 35.6 Å². The van der Waals surface area contributed by atoms with E-state index in [2.05, 4.69) is 10.2 Å². The number of carbonyl (C=O) groups is 1. The van der Waals surface area contributed by atoms with Crippen LogP contribution in [0, 0.1) is 12.7 Å². The number of benzene rings is 2. The smallest absolute Gasteiger partial charge is 0.338 e. The molecule has 4 nitrogen and oxygen atoms in total. The van der Waals surface area contributed by atoms with Gasteiger partial charge in [-0.1, -0.05) is 12.1 Å². The van der Waals surface area contributed by atoms with Gasteiger partial charge in [0, 0.05) is 43.7 Å². The van der Waals surface area contributed by atoms with E-state index in [9.17, 15) is 35.5 Å². The van der Waals surface area contributed by atoms with Gasteiger partial charge in [-0.3, -0.25) is 9.69 Å². The van der Waals surface area contributed by atoms with E-state index >= 15 is 0 Å². The zero-order chi connectivity index (χ0) is 27.8. The van der Waals surface area contributed by atoms with E-state index in [0.29, 0.717) is 43.2 Å². The van der Waals surface area contributed by atoms with Crippen molar-refractivity contribution in [2.45, 2.75) is 56.5 Å². The van der Waals surface area contributed by atoms with E-state index in [0.717, 1.165) is 31.5 Å². The van der Waals surface area contributed by atoms with Gasteiger partial charge in [0.2, 0.25) is 0 Å². The molecule has 2 aromatic carbocycles. The normalized spacial score (nSPS) is 20.8. The molecule has 2 saturated heterocycles. The molecule has 1 amide bonds. The van der Waals surface area contributed by atoms with Gasteiger partial charge in [0.05, 0.1) is 11.1 Å². The Kier molecular flexibility index (Phi) is 11.3. The molecule has 0 radical (unpaired) electrons. The second kappa shape index (κ2) is 13.3. The Bertz CT molecular complexity index is 1140. The quantitative estimate of drug-likeness (QED) is 0.388. The van der Waals surface area contributed by atoms with Crippen molar-refractivity contribution in [3.63, 3.8) is 0 Å². The van der Waals surface area contributed by atoms with E-state index in [1.807, 2.05) is 0 Å². The van der Waals surface area contributed by atoms with Gasteiger partial charge in [-0.2, -0.15) is 26.3 Å². The largest absolute Gasteiger partial charge is 0.416 e. The van der Waals surface area contributed by atoms with Crippen molar-refractivity contribution < 1.29 is 35.5 Å². The number of nitrogens with zero attached hydrogens (tertiary/aromatic N) is 2. The standard InChI is InChI=1S/C27H30F7N3O.2ClH/c1-16-11-17(3-4-23(16)28)22-15-37(21-5-8-35-9-6-21)10-7-24(22)36(2)25(38)18-12-19(26(29,30)31)14-20(13-18)27(32,33)34;;/h3-4,11-14,21-22,24,35H,5-10,15H2,1-2H3;2*1H. The lowest BCUT2D eigenvalue weighted by Gasteiger charge is -2.46. The number of nitrogens with one attached hydrogen (secondary N) is 1. The van der Waals surface area contributed by atoms with Gasteiger partial charge in [0.25, 0.3) is 5.91 Å². The van der Waals surface area contributed by atoms with Crippen molar-refractivity contribution in [1.29, 1.82) is 0 Å². The second-order valence-corrected chi connectivity index (χ2v) is 10.2. The fourth-order valence-electron chi connectivity index (χ4n) is 5.59. The molecular weight excluding hydrogens is 586 g/mol. The first kappa shape index (κ1) is 34.1. The Hall–Kier alpha value is -2.08. The SMILES string of the molecule is Cc1cc(C2CN(C3CCNCC3)CCC2N(C)C(=O)c2cc(C(F)(F)F)cc(C(F)(F)F)c2)ccc1F.Cl.Cl. The second-order valence-electron chi connectivity index (χ2n) is 10.2. The Labute approximate surface area is 241 Å². The monoisotopic (exact) mass is 617 g/mol. The van der Waals surface area contributed by atoms with Gasteiger partial charge in [-0.25, -0.2) is 4.39 Å². The average molecular weight is 618 g/mol. The lowest BCUT2D eigenvalue weighted by atomic mass is 9.83. The number of piperidine rings is 2. The van der Waals surface area contributed by atoms with E-state index in [1.54, 1.807) is 19.1 Å². The number of rotatable bonds is 4. The highest BCUT2D eigenvalue weighted by molar-refractivity contribution is 5.95. The van der Waals surface area contributed by atoms with Gasteiger partial charge in [-0.15, -0.1) is 24.8 Å². The fraction of sp³-hybridized carbons (Fsp3) is 0.519. The van der Waals surface area contributed by atoms with Crippen molar-refractivity contribution in [1.82, 2.24) is 15.1 Å². The Morgan fingerprint density at radius 2 is 1.50 bits per heavy atom. The Morgan fingerprint density at radius 1 is 0.925 bits per heavy atom. The third kappa shape index (κ3) is 7.60. The van der Waals surface area contributed by atoms with Crippen LogP contribution in [0.4, 0.5) is 30.7 Å². The van der Waals surface area contributed by atoms with Crippen molar-refractivity contribution in [3.05, 3.63) is 70.0 Å². The van der Waals surface area contributed by atoms with Crippen LogP contribution in [0.15, 0.2) is 36.4 Å². The number of likely N-dealkylation sites (N-methyl/N-ethyl adjacent to an activating group) is 1. The predicted octanol–water partition coefficient (Wildman–Crippen LogP) is 6.70. The minimum Gasteiger partial charge on any atom is -0.338 e. The highest BCUT2D eigenvalue weighted by Crippen LogP contribution is 2.38. The summed E-state index contributed by atoms with van der Waals surface area (Å²) in [5.41, 5.74) is -2.55. The summed E-state index contributed by atoms with van der Waals surface area (Å²) in [5, 5.41) is 3.32. The molecular formula is C27H32Cl2F7N3O. The molecule has 0 aliphatic carbocycles. The van der Waals surface area contributed by atoms with Gasteiger partial charge in [0.15, 0.2) is 0 Å². The summed E-state index contributed by atoms with van der Waals surface area (Å²) >= 11 is 0. The zero-order valence-electron chi connectivity index (χ0n) is 21.9. The Balaban J connectivity index is 0.00000280. The maximum atomic E-state index is 14.0. The zero-order valence-corrected chi connectivity index (χ0v) is 23.5. The van der Waals surface area contributed by atoms with Gasteiger partial charge in [-0.05, 0) is 74.7 Å². The Morgan fingerprint density at radius 3 is 2.02 bits per heavy atom. The third-order valence-corrected chi connectivity index (χ3v) is 7.70. The minimum atomic E-state index is -5.05. The molecule has 13 heteroatoms. The van der Waals surface area contributed by atoms with Crippen LogP contribution in [-0.2, 0) is 12.4 Å². The van der Waals surface area contributed by atoms with Crippen molar-refractivity contribution >= 4 is 30.7 Å². The minimum absolute atomic E-state index is 0. The van der Waals surface area contributed by atoms with Crippen molar-refractivity contribution in [2.24, 2.45) is 0 Å². The number of halogens is 9. The summed E-state index contributed by atoms with van der Waals surface area (Å²) in [6, 6.07) is 5.44. The molecule has 2 aliphatic rings. The van der Waals surface area contributed by atoms with Gasteiger partial charge >= 0.3 is 12.4 Å². The lowest BCUT2D eigenvalue weighted by molar-refractivity contribution is -0.143. The first-order valence-corrected chi connectivity index (χ1v) is 12.5. The van der Waals surface area contributed by atoms with E-state index < -0.39 is 41.0 Å². The van der Waals surface area contributed by atoms with E-state index in [-0.39, 0.29) is 42.6 Å². The molecule has 1 N–H and O–H groups in total. The van der Waals surface area contributed by atoms with Crippen LogP contribution in [-0.4, -0.2) is 61.0 Å². The highest BCUT2D eigenvalue weighted by atomic mass is 35.5. The molecule has 2 unspecified atom stereocenters. The molecule has 2 fully saturated rings. The number of aryl methyl sites for hydroxylation is 1. The van der Waals surface area contributed by atoms with Crippen LogP contribution in [0.25, 0.3) is 0 Å². The summed E-state index contributed by atoms with van der Waals surface area (Å²) < 4.78 is 94.4. The molecule has 2 atom stereocenters. The number of likely N-dealkylation sites (tertiary alicyclic amines) is 1. The van der Waals surface area contributed by atoms with Gasteiger partial charge in [0.1, 0.15) is 5.82 Å². The number of alkyl halides is 6. The molecule has 224 valence electrons. The molecule has 0 spiro atoms. The predicted molar refractivity (Wildman–Crippen MR) is 143 cm³/mol. The highest BCUT2D eigenvalue weighted by Gasteiger charge is 2.40. The third-order valence-electron chi connectivity index (χ3n) is 7.70. The fourth-order valence-corrected chi connectivity index (χ4v) is 5.59. The summed E-state index contributed by atoms with van der Waals surface area (Å²) in [4.78, 5) is 17.0. The molecule has 40 heavy (non-hydrogen) atoms. The van der Waals surface area contributed by atoms with E-state index in [1.165, 1.54) is 18.0 Å². The molecule has 0 bridgehead atoms. The number of hydrogen-bond acceptors (Lipinski definition) is 3. The maximum Gasteiger partial charge on any atom is 0.416 e. The number of carbonyl (C=O) groups excluding carboxylic acids is 1. The van der Waals surface area contributed by atoms with E-state index in [4.69, 9.17) is 0 Å². The summed E-state index contributed by atoms with van der Waals surface area (Å²) in [7, 11) is 1.41. The number of amides is 1. The maximum absolute atomic E-state index is 14.0. The first-order chi connectivity index (χ1) is 17.8. The first-order valence-electron chi connectivity index (χ1n) is 12.5. The molecule has 0 aromatic heterocycles. The molecule has 4 rings (SSSR count). The summed E-state index contributed by atoms with van der Waals surface area (Å²) in [6.07, 6.45) is -7.75. The van der Waals surface area contributed by atoms with Crippen LogP contribution in [0.5, 0.6) is 0 Å². The summed E-state index contributed by atoms with van der Waals surface area (Å²) in [6.45, 7) is 4.53. The van der Waals surface area contributed by atoms with Crippen molar-refractivity contribution in [2.75, 3.05) is 33.2 Å². The van der Waals surface area contributed by atoms with Crippen LogP contribution < -0.4 is 5.32 Å². The van der Waals surface area contributed by atoms with Gasteiger partial charge < -0.3 is 10.2 Å². The molecule has 0 saturated carbocycles. The van der Waals surface area contributed by atoms with Crippen LogP contribution in [0.1, 0.15) is 57.8 Å². The van der Waals surface area contributed by atoms with Crippen LogP contribution in [0.2, 0.25) is 0 Å². The van der Waals surface area contributed by atoms with Crippen LogP contribution >= 0.6 is 24.8 Å². The molecule has 2 aromatic rings. The van der Waals surface area contributed by atoms with Crippen molar-refractivity contribution in [3.8, 4) is 0 Å². The average Bonchev–Trinajstić information content (AvgIpc) is 2.88. The molecule has 2 aliphatic heterocycles. The lowest BCUT2D eigenvalue weighted by Crippen LogP contribution is -2.54. The van der Waals surface area contributed by atoms with Crippen LogP contribution in [0.3, 0.4) is 0 Å². The number of hydrogen-bond donors (Lipinski definition) is 1. The summed E-state index contributed by atoms with van der Waals surface area (Å²) in [5.74, 6) is -1.62. The molecule has 2 heterocycles.